The van der Waals surface area contributed by atoms with Gasteiger partial charge in [0.05, 0.1) is 18.2 Å². The number of carbonyl (C=O) groups excluding carboxylic acids is 1. The second-order valence-corrected chi connectivity index (χ2v) is 11.4. The quantitative estimate of drug-likeness (QED) is 0.655. The molecular weight excluding hydrogens is 396 g/mol. The summed E-state index contributed by atoms with van der Waals surface area (Å²) in [6.07, 6.45) is 10.1. The van der Waals surface area contributed by atoms with Gasteiger partial charge in [0.25, 0.3) is 5.91 Å². The molecule has 160 valence electrons. The summed E-state index contributed by atoms with van der Waals surface area (Å²) in [7, 11) is 0. The van der Waals surface area contributed by atoms with Gasteiger partial charge in [-0.15, -0.1) is 0 Å². The van der Waals surface area contributed by atoms with E-state index in [2.05, 4.69) is 29.8 Å². The first-order chi connectivity index (χ1) is 14.4. The lowest BCUT2D eigenvalue weighted by molar-refractivity contribution is -0.0956. The molecule has 4 nitrogen and oxygen atoms in total. The number of hydrogen-bond donors (Lipinski definition) is 1. The Bertz CT molecular complexity index is 974. The Morgan fingerprint density at radius 3 is 2.33 bits per heavy atom. The minimum atomic E-state index is -0.333. The smallest absolute Gasteiger partial charge is 0.253 e. The third kappa shape index (κ3) is 2.72. The first-order valence-electron chi connectivity index (χ1n) is 11.5. The van der Waals surface area contributed by atoms with Crippen molar-refractivity contribution in [2.24, 2.45) is 23.2 Å². The van der Waals surface area contributed by atoms with E-state index in [9.17, 15) is 4.79 Å². The van der Waals surface area contributed by atoms with Crippen LogP contribution in [0.25, 0.3) is 10.9 Å². The van der Waals surface area contributed by atoms with Crippen LogP contribution in [0.15, 0.2) is 30.5 Å². The summed E-state index contributed by atoms with van der Waals surface area (Å²) in [5.74, 6) is 2.65. The Balaban J connectivity index is 1.32. The maximum Gasteiger partial charge on any atom is 0.253 e. The Labute approximate surface area is 183 Å². The minimum absolute atomic E-state index is 0.0389. The molecule has 1 N–H and O–H groups in total. The van der Waals surface area contributed by atoms with Gasteiger partial charge in [-0.3, -0.25) is 4.79 Å². The molecule has 7 rings (SSSR count). The van der Waals surface area contributed by atoms with E-state index in [1.807, 2.05) is 24.4 Å². The van der Waals surface area contributed by atoms with Crippen LogP contribution in [0.2, 0.25) is 0 Å². The van der Waals surface area contributed by atoms with E-state index < -0.39 is 0 Å². The molecule has 2 unspecified atom stereocenters. The number of para-hydroxylation sites is 1. The normalized spacial score (nSPS) is 37.4. The Morgan fingerprint density at radius 2 is 1.77 bits per heavy atom. The Kier molecular flexibility index (Phi) is 4.15. The van der Waals surface area contributed by atoms with Gasteiger partial charge < -0.3 is 14.6 Å². The molecule has 5 aliphatic rings. The third-order valence-corrected chi connectivity index (χ3v) is 9.28. The van der Waals surface area contributed by atoms with E-state index in [0.717, 1.165) is 34.2 Å². The molecular formula is C25H31ClN2O2. The van der Waals surface area contributed by atoms with Gasteiger partial charge in [0.15, 0.2) is 5.56 Å². The zero-order chi connectivity index (χ0) is 20.7. The number of benzene rings is 1. The molecule has 4 aliphatic carbocycles. The van der Waals surface area contributed by atoms with Crippen molar-refractivity contribution in [3.8, 4) is 0 Å². The third-order valence-electron chi connectivity index (χ3n) is 8.86. The zero-order valence-electron chi connectivity index (χ0n) is 17.9. The van der Waals surface area contributed by atoms with Gasteiger partial charge in [0.1, 0.15) is 0 Å². The SMILES string of the molecule is CC(C)(NC(=O)c1cn(C2COC2Cl)c2ccccc12)C12CC3CC(CC(C3)C1)C2. The largest absolute Gasteiger partial charge is 0.358 e. The second-order valence-electron chi connectivity index (χ2n) is 11.0. The van der Waals surface area contributed by atoms with Crippen molar-refractivity contribution in [1.29, 1.82) is 0 Å². The lowest BCUT2D eigenvalue weighted by Crippen LogP contribution is -2.62. The van der Waals surface area contributed by atoms with E-state index in [1.165, 1.54) is 38.5 Å². The van der Waals surface area contributed by atoms with Gasteiger partial charge in [-0.1, -0.05) is 29.8 Å². The molecule has 1 aliphatic heterocycles. The van der Waals surface area contributed by atoms with Gasteiger partial charge in [0, 0.05) is 22.6 Å². The first-order valence-corrected chi connectivity index (χ1v) is 12.0. The number of fused-ring (bicyclic) bond motifs is 1. The predicted molar refractivity (Wildman–Crippen MR) is 119 cm³/mol. The van der Waals surface area contributed by atoms with Gasteiger partial charge in [-0.25, -0.2) is 0 Å². The highest BCUT2D eigenvalue weighted by atomic mass is 35.5. The number of carbonyl (C=O) groups is 1. The van der Waals surface area contributed by atoms with Crippen molar-refractivity contribution in [1.82, 2.24) is 9.88 Å². The van der Waals surface area contributed by atoms with Crippen LogP contribution in [0.4, 0.5) is 0 Å². The van der Waals surface area contributed by atoms with Crippen LogP contribution < -0.4 is 5.32 Å². The first kappa shape index (κ1) is 19.2. The summed E-state index contributed by atoms with van der Waals surface area (Å²) in [5.41, 5.74) is 1.50. The van der Waals surface area contributed by atoms with Gasteiger partial charge in [-0.2, -0.15) is 0 Å². The number of amides is 1. The van der Waals surface area contributed by atoms with Crippen LogP contribution in [0, 0.1) is 23.2 Å². The van der Waals surface area contributed by atoms with Gasteiger partial charge in [0.2, 0.25) is 0 Å². The molecule has 4 bridgehead atoms. The molecule has 2 atom stereocenters. The van der Waals surface area contributed by atoms with Crippen LogP contribution in [0.3, 0.4) is 0 Å². The molecule has 0 spiro atoms. The van der Waals surface area contributed by atoms with Crippen LogP contribution in [-0.2, 0) is 4.74 Å². The second kappa shape index (κ2) is 6.49. The maximum absolute atomic E-state index is 13.6. The predicted octanol–water partition coefficient (Wildman–Crippen LogP) is 5.50. The highest BCUT2D eigenvalue weighted by Crippen LogP contribution is 2.63. The molecule has 2 heterocycles. The molecule has 1 saturated heterocycles. The molecule has 1 amide bonds. The number of nitrogens with one attached hydrogen (secondary N) is 1. The minimum Gasteiger partial charge on any atom is -0.358 e. The van der Waals surface area contributed by atoms with E-state index >= 15 is 0 Å². The Morgan fingerprint density at radius 1 is 1.13 bits per heavy atom. The molecule has 5 heteroatoms. The van der Waals surface area contributed by atoms with E-state index in [1.54, 1.807) is 0 Å². The molecule has 1 aromatic carbocycles. The number of aromatic nitrogens is 1. The van der Waals surface area contributed by atoms with Crippen molar-refractivity contribution < 1.29 is 9.53 Å². The average Bonchev–Trinajstić information content (AvgIpc) is 3.05. The highest BCUT2D eigenvalue weighted by molar-refractivity contribution is 6.20. The van der Waals surface area contributed by atoms with Gasteiger partial charge in [-0.05, 0) is 81.6 Å². The summed E-state index contributed by atoms with van der Waals surface area (Å²) in [4.78, 5) is 13.6. The molecule has 30 heavy (non-hydrogen) atoms. The van der Waals surface area contributed by atoms with Crippen molar-refractivity contribution in [2.75, 3.05) is 6.61 Å². The zero-order valence-corrected chi connectivity index (χ0v) is 18.6. The molecule has 4 saturated carbocycles. The van der Waals surface area contributed by atoms with Crippen molar-refractivity contribution in [2.45, 2.75) is 69.5 Å². The number of alkyl halides is 1. The van der Waals surface area contributed by atoms with Crippen LogP contribution in [0.1, 0.15) is 68.8 Å². The summed E-state index contributed by atoms with van der Waals surface area (Å²) in [6, 6.07) is 8.21. The molecule has 0 radical (unpaired) electrons. The number of halogens is 1. The van der Waals surface area contributed by atoms with Crippen LogP contribution >= 0.6 is 11.6 Å². The fraction of sp³-hybridized carbons (Fsp3) is 0.640. The topological polar surface area (TPSA) is 43.3 Å². The molecule has 2 aromatic rings. The van der Waals surface area contributed by atoms with E-state index in [-0.39, 0.29) is 28.5 Å². The lowest BCUT2D eigenvalue weighted by atomic mass is 9.45. The standard InChI is InChI=1S/C25H31ClN2O2/c1-24(2,25-10-15-7-16(11-25)9-17(8-15)12-25)27-23(29)19-13-28(21-14-30-22(21)26)20-6-4-3-5-18(19)20/h3-6,13,15-17,21-22H,7-12,14H2,1-2H3,(H,27,29). The summed E-state index contributed by atoms with van der Waals surface area (Å²) >= 11 is 6.28. The number of nitrogens with zero attached hydrogens (tertiary/aromatic N) is 1. The molecule has 1 aromatic heterocycles. The number of rotatable bonds is 4. The lowest BCUT2D eigenvalue weighted by Gasteiger charge is -2.62. The van der Waals surface area contributed by atoms with E-state index in [0.29, 0.717) is 6.61 Å². The van der Waals surface area contributed by atoms with Gasteiger partial charge >= 0.3 is 0 Å². The summed E-state index contributed by atoms with van der Waals surface area (Å²) in [6.45, 7) is 5.13. The maximum atomic E-state index is 13.6. The number of ether oxygens (including phenoxy) is 1. The summed E-state index contributed by atoms with van der Waals surface area (Å²) in [5, 5.41) is 4.50. The number of hydrogen-bond acceptors (Lipinski definition) is 2. The van der Waals surface area contributed by atoms with E-state index in [4.69, 9.17) is 16.3 Å². The van der Waals surface area contributed by atoms with Crippen molar-refractivity contribution in [3.63, 3.8) is 0 Å². The molecule has 5 fully saturated rings. The van der Waals surface area contributed by atoms with Crippen molar-refractivity contribution in [3.05, 3.63) is 36.0 Å². The fourth-order valence-electron chi connectivity index (χ4n) is 7.48. The highest BCUT2D eigenvalue weighted by Gasteiger charge is 2.57. The monoisotopic (exact) mass is 426 g/mol. The fourth-order valence-corrected chi connectivity index (χ4v) is 7.75. The van der Waals surface area contributed by atoms with Crippen LogP contribution in [0.5, 0.6) is 0 Å². The average molecular weight is 427 g/mol. The summed E-state index contributed by atoms with van der Waals surface area (Å²) < 4.78 is 7.51. The van der Waals surface area contributed by atoms with Crippen LogP contribution in [-0.4, -0.2) is 28.2 Å². The van der Waals surface area contributed by atoms with Crippen molar-refractivity contribution >= 4 is 28.4 Å². The Hall–Kier alpha value is -1.52.